The minimum Gasteiger partial charge on any atom is -0.459 e. The molecule has 2 rings (SSSR count). The number of rotatable bonds is 3. The van der Waals surface area contributed by atoms with Crippen molar-refractivity contribution in [2.75, 3.05) is 13.2 Å². The minimum absolute atomic E-state index is 0.0595. The zero-order valence-corrected chi connectivity index (χ0v) is 13.6. The van der Waals surface area contributed by atoms with Gasteiger partial charge in [0.1, 0.15) is 6.61 Å². The summed E-state index contributed by atoms with van der Waals surface area (Å²) in [4.78, 5) is 11.9. The highest BCUT2D eigenvalue weighted by Crippen LogP contribution is 2.21. The maximum Gasteiger partial charge on any atom is 0.339 e. The predicted octanol–water partition coefficient (Wildman–Crippen LogP) is 3.78. The van der Waals surface area contributed by atoms with Gasteiger partial charge in [-0.05, 0) is 76.0 Å². The highest BCUT2D eigenvalue weighted by molar-refractivity contribution is 14.1. The first-order chi connectivity index (χ1) is 8.66. The Morgan fingerprint density at radius 3 is 3.06 bits per heavy atom. The van der Waals surface area contributed by atoms with E-state index in [1.807, 2.05) is 18.2 Å². The van der Waals surface area contributed by atoms with Crippen LogP contribution < -0.4 is 0 Å². The fourth-order valence-electron chi connectivity index (χ4n) is 1.84. The van der Waals surface area contributed by atoms with Gasteiger partial charge in [0.2, 0.25) is 0 Å². The Morgan fingerprint density at radius 2 is 2.33 bits per heavy atom. The van der Waals surface area contributed by atoms with Crippen LogP contribution in [0, 0.1) is 3.57 Å². The van der Waals surface area contributed by atoms with Crippen molar-refractivity contribution in [3.05, 3.63) is 31.8 Å². The van der Waals surface area contributed by atoms with Crippen LogP contribution in [0.25, 0.3) is 0 Å². The van der Waals surface area contributed by atoms with Crippen LogP contribution in [-0.2, 0) is 9.47 Å². The van der Waals surface area contributed by atoms with Crippen LogP contribution >= 0.6 is 38.5 Å². The predicted molar refractivity (Wildman–Crippen MR) is 80.7 cm³/mol. The van der Waals surface area contributed by atoms with Crippen LogP contribution in [0.15, 0.2) is 22.7 Å². The molecular weight excluding hydrogens is 411 g/mol. The summed E-state index contributed by atoms with van der Waals surface area (Å²) < 4.78 is 12.6. The maximum absolute atomic E-state index is 11.9. The van der Waals surface area contributed by atoms with Crippen molar-refractivity contribution in [2.45, 2.75) is 25.4 Å². The van der Waals surface area contributed by atoms with E-state index in [-0.39, 0.29) is 12.1 Å². The first-order valence-corrected chi connectivity index (χ1v) is 7.78. The molecule has 0 unspecified atom stereocenters. The molecular formula is C13H14BrIO3. The molecule has 1 aliphatic rings. The summed E-state index contributed by atoms with van der Waals surface area (Å²) in [5.74, 6) is -0.297. The van der Waals surface area contributed by atoms with Crippen molar-refractivity contribution in [3.8, 4) is 0 Å². The quantitative estimate of drug-likeness (QED) is 0.547. The van der Waals surface area contributed by atoms with Gasteiger partial charge in [0.05, 0.1) is 11.7 Å². The first kappa shape index (κ1) is 14.3. The van der Waals surface area contributed by atoms with Crippen molar-refractivity contribution in [1.29, 1.82) is 0 Å². The van der Waals surface area contributed by atoms with Crippen molar-refractivity contribution >= 4 is 44.5 Å². The number of hydrogen-bond donors (Lipinski definition) is 0. The van der Waals surface area contributed by atoms with E-state index >= 15 is 0 Å². The highest BCUT2D eigenvalue weighted by Gasteiger charge is 2.18. The molecule has 0 aliphatic carbocycles. The molecule has 1 aromatic rings. The van der Waals surface area contributed by atoms with E-state index in [0.29, 0.717) is 12.2 Å². The molecule has 0 N–H and O–H groups in total. The average molecular weight is 425 g/mol. The molecule has 1 aromatic carbocycles. The lowest BCUT2D eigenvalue weighted by molar-refractivity contribution is -0.0300. The van der Waals surface area contributed by atoms with Crippen LogP contribution in [0.1, 0.15) is 29.6 Å². The Balaban J connectivity index is 1.92. The summed E-state index contributed by atoms with van der Waals surface area (Å²) in [6.07, 6.45) is 3.28. The Morgan fingerprint density at radius 1 is 1.50 bits per heavy atom. The van der Waals surface area contributed by atoms with Crippen molar-refractivity contribution in [2.24, 2.45) is 0 Å². The molecule has 98 valence electrons. The van der Waals surface area contributed by atoms with Crippen molar-refractivity contribution < 1.29 is 14.3 Å². The Bertz CT molecular complexity index is 430. The zero-order valence-electron chi connectivity index (χ0n) is 9.83. The van der Waals surface area contributed by atoms with Crippen LogP contribution in [0.3, 0.4) is 0 Å². The topological polar surface area (TPSA) is 35.5 Å². The number of halogens is 2. The largest absolute Gasteiger partial charge is 0.459 e. The standard InChI is InChI=1S/C13H14BrIO3/c14-12-5-4-9(15)7-11(12)13(16)18-8-10-3-1-2-6-17-10/h4-5,7,10H,1-3,6,8H2/t10-/m1/s1. The van der Waals surface area contributed by atoms with Gasteiger partial charge in [-0.2, -0.15) is 0 Å². The number of carbonyl (C=O) groups excluding carboxylic acids is 1. The van der Waals surface area contributed by atoms with E-state index < -0.39 is 0 Å². The number of ether oxygens (including phenoxy) is 2. The number of hydrogen-bond acceptors (Lipinski definition) is 3. The van der Waals surface area contributed by atoms with E-state index in [2.05, 4.69) is 38.5 Å². The Hall–Kier alpha value is -0.140. The zero-order chi connectivity index (χ0) is 13.0. The molecule has 0 bridgehead atoms. The number of benzene rings is 1. The lowest BCUT2D eigenvalue weighted by Gasteiger charge is -2.22. The van der Waals surface area contributed by atoms with Crippen LogP contribution in [0.5, 0.6) is 0 Å². The molecule has 1 fully saturated rings. The van der Waals surface area contributed by atoms with Crippen molar-refractivity contribution in [1.82, 2.24) is 0 Å². The lowest BCUT2D eigenvalue weighted by Crippen LogP contribution is -2.26. The van der Waals surface area contributed by atoms with Gasteiger partial charge in [0.15, 0.2) is 0 Å². The minimum atomic E-state index is -0.297. The Labute approximate surface area is 128 Å². The van der Waals surface area contributed by atoms with Crippen LogP contribution in [0.2, 0.25) is 0 Å². The molecule has 1 aliphatic heterocycles. The molecule has 3 nitrogen and oxygen atoms in total. The monoisotopic (exact) mass is 424 g/mol. The van der Waals surface area contributed by atoms with E-state index in [9.17, 15) is 4.79 Å². The SMILES string of the molecule is O=C(OC[C@H]1CCCCO1)c1cc(I)ccc1Br. The molecule has 5 heteroatoms. The summed E-state index contributed by atoms with van der Waals surface area (Å²) in [5, 5.41) is 0. The van der Waals surface area contributed by atoms with Gasteiger partial charge in [-0.1, -0.05) is 0 Å². The van der Waals surface area contributed by atoms with Gasteiger partial charge in [-0.15, -0.1) is 0 Å². The molecule has 0 saturated carbocycles. The van der Waals surface area contributed by atoms with Crippen LogP contribution in [-0.4, -0.2) is 25.3 Å². The molecule has 0 radical (unpaired) electrons. The summed E-state index contributed by atoms with van der Waals surface area (Å²) in [7, 11) is 0. The normalized spacial score (nSPS) is 19.6. The Kier molecular flexibility index (Phi) is 5.44. The summed E-state index contributed by atoms with van der Waals surface area (Å²) in [5.41, 5.74) is 0.567. The van der Waals surface area contributed by atoms with E-state index in [4.69, 9.17) is 9.47 Å². The fraction of sp³-hybridized carbons (Fsp3) is 0.462. The second kappa shape index (κ2) is 6.86. The lowest BCUT2D eigenvalue weighted by atomic mass is 10.1. The second-order valence-electron chi connectivity index (χ2n) is 4.21. The number of esters is 1. The summed E-state index contributed by atoms with van der Waals surface area (Å²) in [6.45, 7) is 1.12. The second-order valence-corrected chi connectivity index (χ2v) is 6.31. The average Bonchev–Trinajstić information content (AvgIpc) is 2.40. The van der Waals surface area contributed by atoms with E-state index in [1.165, 1.54) is 0 Å². The van der Waals surface area contributed by atoms with Gasteiger partial charge in [0.25, 0.3) is 0 Å². The molecule has 0 spiro atoms. The van der Waals surface area contributed by atoms with Gasteiger partial charge in [-0.3, -0.25) is 0 Å². The third-order valence-electron chi connectivity index (χ3n) is 2.82. The van der Waals surface area contributed by atoms with Gasteiger partial charge < -0.3 is 9.47 Å². The van der Waals surface area contributed by atoms with Crippen LogP contribution in [0.4, 0.5) is 0 Å². The molecule has 1 heterocycles. The highest BCUT2D eigenvalue weighted by atomic mass is 127. The third kappa shape index (κ3) is 3.93. The number of carbonyl (C=O) groups is 1. The smallest absolute Gasteiger partial charge is 0.339 e. The molecule has 18 heavy (non-hydrogen) atoms. The van der Waals surface area contributed by atoms with Crippen molar-refractivity contribution in [3.63, 3.8) is 0 Å². The molecule has 0 amide bonds. The van der Waals surface area contributed by atoms with Gasteiger partial charge in [0, 0.05) is 14.6 Å². The van der Waals surface area contributed by atoms with E-state index in [0.717, 1.165) is 33.9 Å². The molecule has 0 aromatic heterocycles. The fourth-order valence-corrected chi connectivity index (χ4v) is 2.74. The van der Waals surface area contributed by atoms with Gasteiger partial charge >= 0.3 is 5.97 Å². The summed E-state index contributed by atoms with van der Waals surface area (Å²) in [6, 6.07) is 5.61. The third-order valence-corrected chi connectivity index (χ3v) is 4.19. The molecule has 1 atom stereocenters. The first-order valence-electron chi connectivity index (χ1n) is 5.90. The maximum atomic E-state index is 11.9. The van der Waals surface area contributed by atoms with E-state index in [1.54, 1.807) is 0 Å². The van der Waals surface area contributed by atoms with Gasteiger partial charge in [-0.25, -0.2) is 4.79 Å². The molecule has 1 saturated heterocycles. The summed E-state index contributed by atoms with van der Waals surface area (Å²) >= 11 is 5.54.